The number of nitrogen functional groups attached to an aromatic ring is 1. The van der Waals surface area contributed by atoms with Crippen molar-refractivity contribution in [3.05, 3.63) is 77.0 Å². The van der Waals surface area contributed by atoms with E-state index in [9.17, 15) is 22.4 Å². The lowest BCUT2D eigenvalue weighted by atomic mass is 10.1. The number of anilines is 2. The molecule has 2 aromatic heterocycles. The number of halogens is 5. The molecule has 0 atom stereocenters. The fraction of sp³-hybridized carbons (Fsp3) is 0.0909. The summed E-state index contributed by atoms with van der Waals surface area (Å²) >= 11 is 5.96. The lowest BCUT2D eigenvalue weighted by molar-refractivity contribution is -0.113. The predicted octanol–water partition coefficient (Wildman–Crippen LogP) is 5.07. The third kappa shape index (κ3) is 6.23. The second-order valence-corrected chi connectivity index (χ2v) is 7.32. The van der Waals surface area contributed by atoms with Crippen molar-refractivity contribution in [3.8, 4) is 11.5 Å². The number of amides is 1. The highest BCUT2D eigenvalue weighted by Crippen LogP contribution is 2.34. The summed E-state index contributed by atoms with van der Waals surface area (Å²) in [6, 6.07) is 7.29. The standard InChI is InChI=1S/C22H17ClF4N6O2/c1-11-2-5-17(31-10-11)33-19(22(25,26)27)13(9-28)21(34)32-12-3-4-15(14(24)8-12)35-16-6-7-30-20(29)18(16)23/h2-10H,28H2,1H3,(H2,29,30)(H,32,34). The molecule has 3 rings (SSSR count). The van der Waals surface area contributed by atoms with Gasteiger partial charge in [0.1, 0.15) is 10.8 Å². The fourth-order valence-electron chi connectivity index (χ4n) is 2.68. The number of nitrogens with one attached hydrogen (secondary N) is 1. The molecule has 0 saturated heterocycles. The van der Waals surface area contributed by atoms with Crippen LogP contribution in [0, 0.1) is 12.7 Å². The number of aliphatic imine (C=N–C) groups is 1. The van der Waals surface area contributed by atoms with E-state index in [2.05, 4.69) is 20.3 Å². The molecular formula is C22H17ClF4N6O2. The van der Waals surface area contributed by atoms with E-state index in [0.29, 0.717) is 11.8 Å². The second kappa shape index (κ2) is 10.4. The molecule has 1 aromatic carbocycles. The topological polar surface area (TPSA) is 129 Å². The van der Waals surface area contributed by atoms with Crippen molar-refractivity contribution >= 4 is 40.5 Å². The average Bonchev–Trinajstić information content (AvgIpc) is 2.79. The van der Waals surface area contributed by atoms with E-state index in [1.165, 1.54) is 36.7 Å². The van der Waals surface area contributed by atoms with Crippen LogP contribution in [0.25, 0.3) is 0 Å². The molecule has 0 saturated carbocycles. The highest BCUT2D eigenvalue weighted by Gasteiger charge is 2.40. The molecule has 0 bridgehead atoms. The summed E-state index contributed by atoms with van der Waals surface area (Å²) in [5, 5.41) is 2.11. The van der Waals surface area contributed by atoms with E-state index in [4.69, 9.17) is 27.8 Å². The number of aryl methyl sites for hydroxylation is 1. The Balaban J connectivity index is 1.84. The summed E-state index contributed by atoms with van der Waals surface area (Å²) in [4.78, 5) is 23.6. The van der Waals surface area contributed by atoms with Crippen molar-refractivity contribution in [1.82, 2.24) is 9.97 Å². The van der Waals surface area contributed by atoms with Crippen LogP contribution in [0.3, 0.4) is 0 Å². The molecule has 0 aliphatic rings. The van der Waals surface area contributed by atoms with Crippen molar-refractivity contribution in [3.63, 3.8) is 0 Å². The van der Waals surface area contributed by atoms with Gasteiger partial charge >= 0.3 is 6.18 Å². The number of benzene rings is 1. The molecule has 0 fully saturated rings. The number of hydrogen-bond donors (Lipinski definition) is 3. The Hall–Kier alpha value is -4.19. The van der Waals surface area contributed by atoms with Gasteiger partial charge in [0.2, 0.25) is 0 Å². The number of carbonyl (C=O) groups excluding carboxylic acids is 1. The Morgan fingerprint density at radius 2 is 1.91 bits per heavy atom. The van der Waals surface area contributed by atoms with Crippen LogP contribution < -0.4 is 21.5 Å². The van der Waals surface area contributed by atoms with Crippen molar-refractivity contribution in [2.75, 3.05) is 11.1 Å². The Morgan fingerprint density at radius 3 is 2.51 bits per heavy atom. The molecule has 1 amide bonds. The van der Waals surface area contributed by atoms with Crippen LogP contribution in [0.15, 0.2) is 65.6 Å². The maximum absolute atomic E-state index is 14.6. The van der Waals surface area contributed by atoms with Crippen molar-refractivity contribution in [2.45, 2.75) is 13.1 Å². The molecule has 0 radical (unpaired) electrons. The molecule has 0 spiro atoms. The Kier molecular flexibility index (Phi) is 7.55. The number of aromatic nitrogens is 2. The first-order valence-corrected chi connectivity index (χ1v) is 10.1. The summed E-state index contributed by atoms with van der Waals surface area (Å²) in [6.45, 7) is 1.69. The van der Waals surface area contributed by atoms with Crippen LogP contribution in [0.2, 0.25) is 5.02 Å². The van der Waals surface area contributed by atoms with Gasteiger partial charge in [-0.2, -0.15) is 13.2 Å². The quantitative estimate of drug-likeness (QED) is 0.242. The summed E-state index contributed by atoms with van der Waals surface area (Å²) in [5.74, 6) is -2.78. The first-order chi connectivity index (χ1) is 16.5. The second-order valence-electron chi connectivity index (χ2n) is 6.94. The highest BCUT2D eigenvalue weighted by atomic mass is 35.5. The van der Waals surface area contributed by atoms with E-state index in [0.717, 1.165) is 12.1 Å². The van der Waals surface area contributed by atoms with Gasteiger partial charge < -0.3 is 21.5 Å². The first-order valence-electron chi connectivity index (χ1n) is 9.69. The molecule has 0 aliphatic carbocycles. The van der Waals surface area contributed by atoms with Gasteiger partial charge in [-0.15, -0.1) is 0 Å². The normalized spacial score (nSPS) is 12.4. The van der Waals surface area contributed by atoms with E-state index in [1.807, 2.05) is 0 Å². The third-order valence-corrected chi connectivity index (χ3v) is 4.73. The van der Waals surface area contributed by atoms with Crippen LogP contribution in [0.5, 0.6) is 11.5 Å². The zero-order valence-corrected chi connectivity index (χ0v) is 18.7. The molecule has 182 valence electrons. The van der Waals surface area contributed by atoms with E-state index in [-0.39, 0.29) is 33.8 Å². The SMILES string of the molecule is Cc1ccc(N=C(C(=CN)C(=O)Nc2ccc(Oc3ccnc(N)c3Cl)c(F)c2)C(F)(F)F)nc1. The number of hydrogen-bond acceptors (Lipinski definition) is 7. The number of ether oxygens (including phenoxy) is 1. The van der Waals surface area contributed by atoms with Gasteiger partial charge in [0.15, 0.2) is 28.8 Å². The number of alkyl halides is 3. The van der Waals surface area contributed by atoms with Gasteiger partial charge in [0, 0.05) is 36.4 Å². The van der Waals surface area contributed by atoms with Crippen molar-refractivity contribution in [1.29, 1.82) is 0 Å². The molecule has 2 heterocycles. The monoisotopic (exact) mass is 508 g/mol. The van der Waals surface area contributed by atoms with Crippen LogP contribution in [0.1, 0.15) is 5.56 Å². The van der Waals surface area contributed by atoms with E-state index < -0.39 is 29.2 Å². The van der Waals surface area contributed by atoms with Crippen LogP contribution >= 0.6 is 11.6 Å². The molecule has 5 N–H and O–H groups in total. The number of rotatable bonds is 6. The van der Waals surface area contributed by atoms with Crippen LogP contribution in [-0.4, -0.2) is 27.8 Å². The molecule has 3 aromatic rings. The van der Waals surface area contributed by atoms with Gasteiger partial charge in [0.25, 0.3) is 5.91 Å². The minimum atomic E-state index is -5.04. The minimum absolute atomic E-state index is 0.0268. The first kappa shape index (κ1) is 25.4. The predicted molar refractivity (Wildman–Crippen MR) is 123 cm³/mol. The van der Waals surface area contributed by atoms with E-state index in [1.54, 1.807) is 6.92 Å². The zero-order chi connectivity index (χ0) is 25.8. The average molecular weight is 509 g/mol. The highest BCUT2D eigenvalue weighted by molar-refractivity contribution is 6.34. The molecular weight excluding hydrogens is 492 g/mol. The van der Waals surface area contributed by atoms with Gasteiger partial charge in [-0.3, -0.25) is 4.79 Å². The smallest absolute Gasteiger partial charge is 0.434 e. The van der Waals surface area contributed by atoms with Crippen molar-refractivity contribution < 1.29 is 27.1 Å². The van der Waals surface area contributed by atoms with Gasteiger partial charge in [-0.1, -0.05) is 17.7 Å². The molecule has 13 heteroatoms. The maximum atomic E-state index is 14.6. The molecule has 0 aliphatic heterocycles. The number of carbonyl (C=O) groups is 1. The number of nitrogens with zero attached hydrogens (tertiary/aromatic N) is 3. The third-order valence-electron chi connectivity index (χ3n) is 4.35. The van der Waals surface area contributed by atoms with Gasteiger partial charge in [-0.05, 0) is 30.7 Å². The lowest BCUT2D eigenvalue weighted by Crippen LogP contribution is -2.32. The largest absolute Gasteiger partial charge is 0.453 e. The van der Waals surface area contributed by atoms with Crippen molar-refractivity contribution in [2.24, 2.45) is 10.7 Å². The summed E-state index contributed by atoms with van der Waals surface area (Å²) in [5.41, 5.74) is 8.87. The Labute approximate surface area is 201 Å². The lowest BCUT2D eigenvalue weighted by Gasteiger charge is -2.15. The molecule has 8 nitrogen and oxygen atoms in total. The summed E-state index contributed by atoms with van der Waals surface area (Å²) in [7, 11) is 0. The van der Waals surface area contributed by atoms with Gasteiger partial charge in [0.05, 0.1) is 5.57 Å². The number of nitrogens with two attached hydrogens (primary N) is 2. The molecule has 35 heavy (non-hydrogen) atoms. The minimum Gasteiger partial charge on any atom is -0.453 e. The zero-order valence-electron chi connectivity index (χ0n) is 17.9. The van der Waals surface area contributed by atoms with Gasteiger partial charge in [-0.25, -0.2) is 19.4 Å². The maximum Gasteiger partial charge on any atom is 0.434 e. The fourth-order valence-corrected chi connectivity index (χ4v) is 2.83. The number of pyridine rings is 2. The Morgan fingerprint density at radius 1 is 1.17 bits per heavy atom. The van der Waals surface area contributed by atoms with E-state index >= 15 is 0 Å². The molecule has 0 unspecified atom stereocenters. The van der Waals surface area contributed by atoms with Crippen LogP contribution in [0.4, 0.5) is 34.9 Å². The summed E-state index contributed by atoms with van der Waals surface area (Å²) in [6.07, 6.45) is -1.96. The van der Waals surface area contributed by atoms with Crippen LogP contribution in [-0.2, 0) is 4.79 Å². The Bertz CT molecular complexity index is 1310. The summed E-state index contributed by atoms with van der Waals surface area (Å²) < 4.78 is 60.9.